The van der Waals surface area contributed by atoms with Gasteiger partial charge in [0.2, 0.25) is 0 Å². The Morgan fingerprint density at radius 1 is 0.935 bits per heavy atom. The smallest absolute Gasteiger partial charge is 0.159 e. The average molecular weight is 622 g/mol. The van der Waals surface area contributed by atoms with Crippen molar-refractivity contribution in [3.8, 4) is 33.9 Å². The fraction of sp³-hybridized carbons (Fsp3) is 0.314. The summed E-state index contributed by atoms with van der Waals surface area (Å²) < 4.78 is 30.2. The highest BCUT2D eigenvalue weighted by Gasteiger charge is 2.21. The van der Waals surface area contributed by atoms with Gasteiger partial charge in [0.05, 0.1) is 16.7 Å². The standard InChI is InChI=1S/C35H37F2N9/c1-45(2)11-10-39-25-14-22(13-24(36)15-25)32-34-30(8-9-40-32)41-35(42-34)33-28-16-27(29(37)17-31(28)43-44-33)23-12-21(18-38-19-23)20-46(3)26-6-4-5-7-26/h8-9,12-19,26,39H,4-7,10-11,20H2,1-3H3,(H,41,42)(H,43,44). The van der Waals surface area contributed by atoms with Crippen LogP contribution < -0.4 is 5.32 Å². The van der Waals surface area contributed by atoms with Crippen molar-refractivity contribution >= 4 is 27.6 Å². The minimum absolute atomic E-state index is 0.358. The molecule has 0 spiro atoms. The molecule has 1 saturated carbocycles. The number of nitrogens with zero attached hydrogens (tertiary/aromatic N) is 6. The summed E-state index contributed by atoms with van der Waals surface area (Å²) in [7, 11) is 6.13. The molecule has 1 fully saturated rings. The summed E-state index contributed by atoms with van der Waals surface area (Å²) >= 11 is 0. The van der Waals surface area contributed by atoms with Crippen LogP contribution in [0.1, 0.15) is 31.2 Å². The molecule has 0 unspecified atom stereocenters. The highest BCUT2D eigenvalue weighted by molar-refractivity contribution is 5.97. The Bertz CT molecular complexity index is 2010. The molecular formula is C35H37F2N9. The van der Waals surface area contributed by atoms with Crippen LogP contribution in [-0.4, -0.2) is 80.2 Å². The van der Waals surface area contributed by atoms with E-state index in [0.717, 1.165) is 29.6 Å². The number of fused-ring (bicyclic) bond motifs is 2. The Kier molecular flexibility index (Phi) is 8.18. The van der Waals surface area contributed by atoms with Crippen LogP contribution in [0.15, 0.2) is 61.1 Å². The molecule has 4 heterocycles. The van der Waals surface area contributed by atoms with E-state index in [1.165, 1.54) is 43.9 Å². The topological polar surface area (TPSA) is 102 Å². The first-order valence-corrected chi connectivity index (χ1v) is 15.7. The van der Waals surface area contributed by atoms with Crippen molar-refractivity contribution in [1.82, 2.24) is 39.9 Å². The molecule has 7 rings (SSSR count). The van der Waals surface area contributed by atoms with Gasteiger partial charge in [-0.2, -0.15) is 5.10 Å². The number of nitrogens with one attached hydrogen (secondary N) is 3. The van der Waals surface area contributed by atoms with E-state index in [4.69, 9.17) is 4.98 Å². The molecule has 1 aliphatic rings. The van der Waals surface area contributed by atoms with Gasteiger partial charge >= 0.3 is 0 Å². The summed E-state index contributed by atoms with van der Waals surface area (Å²) in [5.74, 6) is -0.224. The van der Waals surface area contributed by atoms with Gasteiger partial charge in [-0.05, 0) is 75.9 Å². The molecule has 0 atom stereocenters. The molecule has 2 aromatic carbocycles. The first-order valence-electron chi connectivity index (χ1n) is 15.7. The number of pyridine rings is 2. The highest BCUT2D eigenvalue weighted by Crippen LogP contribution is 2.35. The first-order chi connectivity index (χ1) is 22.3. The van der Waals surface area contributed by atoms with E-state index < -0.39 is 0 Å². The molecule has 0 saturated heterocycles. The van der Waals surface area contributed by atoms with Gasteiger partial charge in [0.15, 0.2) is 5.82 Å². The second-order valence-electron chi connectivity index (χ2n) is 12.5. The normalized spacial score (nSPS) is 14.0. The number of benzene rings is 2. The SMILES string of the molecule is CN(C)CCNc1cc(F)cc(-c2nccc3[nH]c(-c4n[nH]c5cc(F)c(-c6cncc(CN(C)C7CCCC7)c6)cc45)nc23)c1. The van der Waals surface area contributed by atoms with Gasteiger partial charge in [0, 0.05) is 78.1 Å². The summed E-state index contributed by atoms with van der Waals surface area (Å²) in [6.45, 7) is 2.25. The Morgan fingerprint density at radius 3 is 2.61 bits per heavy atom. The predicted molar refractivity (Wildman–Crippen MR) is 178 cm³/mol. The van der Waals surface area contributed by atoms with Crippen molar-refractivity contribution in [3.63, 3.8) is 0 Å². The molecule has 0 aliphatic heterocycles. The summed E-state index contributed by atoms with van der Waals surface area (Å²) in [6.07, 6.45) is 10.2. The van der Waals surface area contributed by atoms with E-state index in [0.29, 0.717) is 63.2 Å². The number of H-pyrrole nitrogens is 2. The Hall–Kier alpha value is -4.74. The number of rotatable bonds is 10. The summed E-state index contributed by atoms with van der Waals surface area (Å²) in [4.78, 5) is 21.7. The third kappa shape index (κ3) is 6.08. The van der Waals surface area contributed by atoms with Crippen molar-refractivity contribution in [2.24, 2.45) is 0 Å². The number of aromatic amines is 2. The van der Waals surface area contributed by atoms with Crippen LogP contribution in [0.3, 0.4) is 0 Å². The Morgan fingerprint density at radius 2 is 1.78 bits per heavy atom. The molecule has 9 nitrogen and oxygen atoms in total. The number of hydrogen-bond acceptors (Lipinski definition) is 7. The summed E-state index contributed by atoms with van der Waals surface area (Å²) in [6, 6.07) is 12.5. The summed E-state index contributed by atoms with van der Waals surface area (Å²) in [5.41, 5.74) is 6.45. The monoisotopic (exact) mass is 621 g/mol. The van der Waals surface area contributed by atoms with Crippen LogP contribution in [0, 0.1) is 11.6 Å². The van der Waals surface area contributed by atoms with Crippen molar-refractivity contribution < 1.29 is 8.78 Å². The van der Waals surface area contributed by atoms with Gasteiger partial charge in [-0.25, -0.2) is 13.8 Å². The molecule has 236 valence electrons. The van der Waals surface area contributed by atoms with Crippen LogP contribution in [-0.2, 0) is 6.54 Å². The molecular weight excluding hydrogens is 584 g/mol. The number of aromatic nitrogens is 6. The van der Waals surface area contributed by atoms with E-state index >= 15 is 4.39 Å². The van der Waals surface area contributed by atoms with Crippen LogP contribution in [0.2, 0.25) is 0 Å². The zero-order valence-corrected chi connectivity index (χ0v) is 26.2. The van der Waals surface area contributed by atoms with Crippen LogP contribution in [0.5, 0.6) is 0 Å². The molecule has 6 aromatic rings. The zero-order valence-electron chi connectivity index (χ0n) is 26.2. The van der Waals surface area contributed by atoms with Gasteiger partial charge in [0.1, 0.15) is 22.8 Å². The van der Waals surface area contributed by atoms with E-state index in [2.05, 4.69) is 47.3 Å². The van der Waals surface area contributed by atoms with Gasteiger partial charge in [-0.15, -0.1) is 0 Å². The third-order valence-electron chi connectivity index (χ3n) is 8.82. The molecule has 0 radical (unpaired) electrons. The van der Waals surface area contributed by atoms with E-state index in [1.807, 2.05) is 38.5 Å². The number of halogens is 2. The van der Waals surface area contributed by atoms with Crippen molar-refractivity contribution in [3.05, 3.63) is 78.3 Å². The van der Waals surface area contributed by atoms with Crippen LogP contribution >= 0.6 is 0 Å². The molecule has 11 heteroatoms. The maximum atomic E-state index is 15.5. The van der Waals surface area contributed by atoms with Gasteiger partial charge in [0.25, 0.3) is 0 Å². The summed E-state index contributed by atoms with van der Waals surface area (Å²) in [5, 5.41) is 11.5. The Balaban J connectivity index is 1.22. The number of hydrogen-bond donors (Lipinski definition) is 3. The van der Waals surface area contributed by atoms with Gasteiger partial charge in [-0.3, -0.25) is 20.0 Å². The number of imidazole rings is 1. The largest absolute Gasteiger partial charge is 0.384 e. The molecule has 3 N–H and O–H groups in total. The maximum Gasteiger partial charge on any atom is 0.159 e. The number of likely N-dealkylation sites (N-methyl/N-ethyl adjacent to an activating group) is 1. The van der Waals surface area contributed by atoms with Gasteiger partial charge < -0.3 is 15.2 Å². The number of anilines is 1. The Labute approximate surface area is 266 Å². The lowest BCUT2D eigenvalue weighted by molar-refractivity contribution is 0.237. The maximum absolute atomic E-state index is 15.5. The first kappa shape index (κ1) is 29.9. The minimum atomic E-state index is -0.365. The molecule has 1 aliphatic carbocycles. The molecule has 0 bridgehead atoms. The third-order valence-corrected chi connectivity index (χ3v) is 8.82. The quantitative estimate of drug-likeness (QED) is 0.154. The second-order valence-corrected chi connectivity index (χ2v) is 12.5. The molecule has 0 amide bonds. The highest BCUT2D eigenvalue weighted by atomic mass is 19.1. The lowest BCUT2D eigenvalue weighted by atomic mass is 10.0. The average Bonchev–Trinajstić information content (AvgIpc) is 3.80. The zero-order chi connectivity index (χ0) is 31.8. The molecule has 46 heavy (non-hydrogen) atoms. The van der Waals surface area contributed by atoms with E-state index in [9.17, 15) is 4.39 Å². The second kappa shape index (κ2) is 12.6. The predicted octanol–water partition coefficient (Wildman–Crippen LogP) is 6.86. The van der Waals surface area contributed by atoms with Gasteiger partial charge in [-0.1, -0.05) is 12.8 Å². The van der Waals surface area contributed by atoms with E-state index in [1.54, 1.807) is 18.5 Å². The lowest BCUT2D eigenvalue weighted by Gasteiger charge is -2.24. The van der Waals surface area contributed by atoms with Crippen LogP contribution in [0.25, 0.3) is 55.8 Å². The molecule has 4 aromatic heterocycles. The fourth-order valence-corrected chi connectivity index (χ4v) is 6.43. The van der Waals surface area contributed by atoms with Crippen LogP contribution in [0.4, 0.5) is 14.5 Å². The van der Waals surface area contributed by atoms with Crippen molar-refractivity contribution in [2.75, 3.05) is 39.5 Å². The van der Waals surface area contributed by atoms with Crippen molar-refractivity contribution in [2.45, 2.75) is 38.3 Å². The van der Waals surface area contributed by atoms with Crippen molar-refractivity contribution in [1.29, 1.82) is 0 Å². The van der Waals surface area contributed by atoms with E-state index in [-0.39, 0.29) is 11.6 Å². The lowest BCUT2D eigenvalue weighted by Crippen LogP contribution is -2.28. The fourth-order valence-electron chi connectivity index (χ4n) is 6.43. The minimum Gasteiger partial charge on any atom is -0.384 e.